The monoisotopic (exact) mass is 395 g/mol. The number of halogens is 4. The van der Waals surface area contributed by atoms with Crippen LogP contribution in [-0.2, 0) is 10.3 Å². The van der Waals surface area contributed by atoms with Gasteiger partial charge in [-0.15, -0.1) is 5.10 Å². The molecule has 1 aromatic carbocycles. The van der Waals surface area contributed by atoms with Gasteiger partial charge in [0.2, 0.25) is 11.8 Å². The summed E-state index contributed by atoms with van der Waals surface area (Å²) in [6, 6.07) is 3.31. The Labute approximate surface area is 158 Å². The normalized spacial score (nSPS) is 15.8. The van der Waals surface area contributed by atoms with E-state index in [4.69, 9.17) is 4.74 Å². The minimum Gasteiger partial charge on any atom is -0.470 e. The van der Waals surface area contributed by atoms with Crippen molar-refractivity contribution in [2.45, 2.75) is 31.2 Å². The molecule has 0 spiro atoms. The summed E-state index contributed by atoms with van der Waals surface area (Å²) in [4.78, 5) is 8.21. The predicted molar refractivity (Wildman–Crippen MR) is 95.6 cm³/mol. The van der Waals surface area contributed by atoms with Gasteiger partial charge in [-0.3, -0.25) is 0 Å². The number of benzene rings is 1. The van der Waals surface area contributed by atoms with Crippen LogP contribution < -0.4 is 5.32 Å². The summed E-state index contributed by atoms with van der Waals surface area (Å²) in [5.74, 6) is -1.07. The van der Waals surface area contributed by atoms with Gasteiger partial charge in [-0.05, 0) is 37.5 Å². The number of hydrogen-bond acceptors (Lipinski definition) is 6. The van der Waals surface area contributed by atoms with Gasteiger partial charge in [0.25, 0.3) is 6.43 Å². The largest absolute Gasteiger partial charge is 0.470 e. The molecule has 3 rings (SSSR count). The van der Waals surface area contributed by atoms with Gasteiger partial charge < -0.3 is 10.1 Å². The van der Waals surface area contributed by atoms with E-state index in [1.54, 1.807) is 0 Å². The van der Waals surface area contributed by atoms with Crippen molar-refractivity contribution in [3.63, 3.8) is 0 Å². The molecule has 1 aromatic heterocycles. The van der Waals surface area contributed by atoms with E-state index >= 15 is 0 Å². The van der Waals surface area contributed by atoms with Crippen molar-refractivity contribution in [1.82, 2.24) is 9.97 Å². The first-order valence-electron chi connectivity index (χ1n) is 8.44. The molecule has 1 N–H and O–H groups in total. The molecule has 1 aliphatic rings. The van der Waals surface area contributed by atoms with E-state index in [-0.39, 0.29) is 23.0 Å². The first-order chi connectivity index (χ1) is 13.4. The first-order valence-corrected chi connectivity index (χ1v) is 8.44. The van der Waals surface area contributed by atoms with Gasteiger partial charge in [-0.1, -0.05) is 0 Å². The van der Waals surface area contributed by atoms with Crippen LogP contribution in [0.5, 0.6) is 0 Å². The zero-order chi connectivity index (χ0) is 20.1. The second kappa shape index (κ2) is 8.32. The van der Waals surface area contributed by atoms with Crippen molar-refractivity contribution in [3.8, 4) is 0 Å². The smallest absolute Gasteiger partial charge is 0.272 e. The van der Waals surface area contributed by atoms with Crippen LogP contribution in [-0.4, -0.2) is 35.6 Å². The Morgan fingerprint density at radius 1 is 1.25 bits per heavy atom. The maximum Gasteiger partial charge on any atom is 0.272 e. The lowest BCUT2D eigenvalue weighted by molar-refractivity contribution is 0.0765. The molecule has 1 heterocycles. The maximum absolute atomic E-state index is 14.2. The third-order valence-electron chi connectivity index (χ3n) is 4.41. The Hall–Kier alpha value is -3.04. The number of aromatic nitrogens is 2. The predicted octanol–water partition coefficient (Wildman–Crippen LogP) is 3.89. The second-order valence-electron chi connectivity index (χ2n) is 6.23. The number of nitrogens with zero attached hydrogens (tertiary/aromatic N) is 4. The van der Waals surface area contributed by atoms with Gasteiger partial charge in [0.05, 0.1) is 11.1 Å². The fourth-order valence-corrected chi connectivity index (χ4v) is 2.95. The molecule has 0 bridgehead atoms. The van der Waals surface area contributed by atoms with E-state index in [0.29, 0.717) is 12.8 Å². The highest BCUT2D eigenvalue weighted by Crippen LogP contribution is 2.44. The van der Waals surface area contributed by atoms with Gasteiger partial charge in [-0.25, -0.2) is 27.5 Å². The molecule has 1 fully saturated rings. The van der Waals surface area contributed by atoms with Crippen LogP contribution in [0.15, 0.2) is 40.8 Å². The fourth-order valence-electron chi connectivity index (χ4n) is 2.95. The highest BCUT2D eigenvalue weighted by molar-refractivity contribution is 5.93. The molecule has 10 heteroatoms. The quantitative estimate of drug-likeness (QED) is 0.334. The van der Waals surface area contributed by atoms with E-state index in [2.05, 4.69) is 32.2 Å². The number of rotatable bonds is 7. The lowest BCUT2D eigenvalue weighted by atomic mass is 9.71. The minimum absolute atomic E-state index is 0.173. The number of alkyl halides is 2. The molecule has 0 radical (unpaired) electrons. The molecule has 0 atom stereocenters. The molecule has 2 aromatic rings. The van der Waals surface area contributed by atoms with Crippen LogP contribution in [0, 0.1) is 11.6 Å². The van der Waals surface area contributed by atoms with Gasteiger partial charge in [0.15, 0.2) is 6.61 Å². The summed E-state index contributed by atoms with van der Waals surface area (Å²) in [6.45, 7) is 2.30. The minimum atomic E-state index is -2.68. The Morgan fingerprint density at radius 3 is 2.54 bits per heavy atom. The van der Waals surface area contributed by atoms with E-state index in [9.17, 15) is 17.6 Å². The maximum atomic E-state index is 14.2. The summed E-state index contributed by atoms with van der Waals surface area (Å²) in [5, 5.41) is 9.88. The molecule has 148 valence electrons. The van der Waals surface area contributed by atoms with Gasteiger partial charge in [0.1, 0.15) is 11.6 Å². The fraction of sp³-hybridized carbons (Fsp3) is 0.333. The number of anilines is 1. The van der Waals surface area contributed by atoms with E-state index < -0.39 is 30.2 Å². The van der Waals surface area contributed by atoms with E-state index in [1.165, 1.54) is 12.4 Å². The number of nitrogens with one attached hydrogen (secondary N) is 1. The van der Waals surface area contributed by atoms with Crippen molar-refractivity contribution < 1.29 is 22.3 Å². The third kappa shape index (κ3) is 4.26. The molecule has 0 unspecified atom stereocenters. The van der Waals surface area contributed by atoms with Crippen molar-refractivity contribution in [3.05, 3.63) is 53.4 Å². The van der Waals surface area contributed by atoms with Crippen LogP contribution in [0.1, 0.15) is 30.4 Å². The summed E-state index contributed by atoms with van der Waals surface area (Å²) in [7, 11) is 0. The Morgan fingerprint density at radius 2 is 1.96 bits per heavy atom. The van der Waals surface area contributed by atoms with Crippen LogP contribution >= 0.6 is 0 Å². The summed E-state index contributed by atoms with van der Waals surface area (Å²) in [6.07, 6.45) is 1.94. The summed E-state index contributed by atoms with van der Waals surface area (Å²) < 4.78 is 57.4. The molecular formula is C18H17F4N5O. The molecule has 1 saturated carbocycles. The molecular weight excluding hydrogens is 378 g/mol. The average molecular weight is 395 g/mol. The van der Waals surface area contributed by atoms with Crippen LogP contribution in [0.25, 0.3) is 0 Å². The lowest BCUT2D eigenvalue weighted by Crippen LogP contribution is -2.43. The topological polar surface area (TPSA) is 71.8 Å². The van der Waals surface area contributed by atoms with E-state index in [0.717, 1.165) is 24.6 Å². The van der Waals surface area contributed by atoms with Crippen molar-refractivity contribution in [2.75, 3.05) is 11.9 Å². The van der Waals surface area contributed by atoms with Crippen LogP contribution in [0.4, 0.5) is 23.5 Å². The van der Waals surface area contributed by atoms with Gasteiger partial charge in [0, 0.05) is 24.7 Å². The zero-order valence-electron chi connectivity index (χ0n) is 14.7. The van der Waals surface area contributed by atoms with Gasteiger partial charge in [-0.2, -0.15) is 5.10 Å². The molecule has 6 nitrogen and oxygen atoms in total. The Balaban J connectivity index is 1.80. The Kier molecular flexibility index (Phi) is 5.86. The standard InChI is InChI=1S/C18H17F4N5O/c1-23-27-16(28-10-15(21)22)11-8-24-17(25-9-11)26-18(5-2-6-18)13-7-12(19)3-4-14(13)20/h3-4,7-9,15H,1-2,5-6,10H2,(H,24,25,26)/b27-16-. The molecule has 28 heavy (non-hydrogen) atoms. The van der Waals surface area contributed by atoms with Crippen LogP contribution in [0.2, 0.25) is 0 Å². The highest BCUT2D eigenvalue weighted by atomic mass is 19.3. The molecule has 1 aliphatic carbocycles. The third-order valence-corrected chi connectivity index (χ3v) is 4.41. The lowest BCUT2D eigenvalue weighted by Gasteiger charge is -2.43. The SMILES string of the molecule is C=N/N=C(\OCC(F)F)c1cnc(NC2(c3cc(F)ccc3F)CCC2)nc1. The number of ether oxygens (including phenoxy) is 1. The van der Waals surface area contributed by atoms with Crippen molar-refractivity contribution >= 4 is 18.6 Å². The average Bonchev–Trinajstić information content (AvgIpc) is 2.64. The highest BCUT2D eigenvalue weighted by Gasteiger charge is 2.41. The molecule has 0 saturated heterocycles. The van der Waals surface area contributed by atoms with E-state index in [1.807, 2.05) is 0 Å². The number of hydrogen-bond donors (Lipinski definition) is 1. The molecule has 0 aliphatic heterocycles. The first kappa shape index (κ1) is 19.7. The van der Waals surface area contributed by atoms with Crippen molar-refractivity contribution in [2.24, 2.45) is 10.2 Å². The van der Waals surface area contributed by atoms with Crippen molar-refractivity contribution in [1.29, 1.82) is 0 Å². The summed E-state index contributed by atoms with van der Waals surface area (Å²) >= 11 is 0. The van der Waals surface area contributed by atoms with Gasteiger partial charge >= 0.3 is 0 Å². The summed E-state index contributed by atoms with van der Waals surface area (Å²) in [5.41, 5.74) is -0.373. The zero-order valence-corrected chi connectivity index (χ0v) is 14.7. The molecule has 0 amide bonds. The second-order valence-corrected chi connectivity index (χ2v) is 6.23. The Bertz CT molecular complexity index is 869. The van der Waals surface area contributed by atoms with Crippen LogP contribution in [0.3, 0.4) is 0 Å².